The van der Waals surface area contributed by atoms with Gasteiger partial charge in [-0.15, -0.1) is 5.10 Å². The number of hydrogen-bond donors (Lipinski definition) is 2. The van der Waals surface area contributed by atoms with Crippen molar-refractivity contribution in [2.75, 3.05) is 0 Å². The average molecular weight is 262 g/mol. The second-order valence-electron chi connectivity index (χ2n) is 3.96. The van der Waals surface area contributed by atoms with Crippen LogP contribution in [0.1, 0.15) is 17.0 Å². The van der Waals surface area contributed by atoms with E-state index in [1.165, 1.54) is 6.20 Å². The zero-order chi connectivity index (χ0) is 14.0. The maximum absolute atomic E-state index is 8.73. The quantitative estimate of drug-likeness (QED) is 0.365. The van der Waals surface area contributed by atoms with Crippen molar-refractivity contribution in [1.29, 1.82) is 0 Å². The van der Waals surface area contributed by atoms with Crippen molar-refractivity contribution in [2.24, 2.45) is 17.9 Å². The number of oxime groups is 1. The summed E-state index contributed by atoms with van der Waals surface area (Å²) in [5.74, 6) is 0.649. The number of aryl methyl sites for hydroxylation is 2. The summed E-state index contributed by atoms with van der Waals surface area (Å²) in [4.78, 5) is 0. The standard InChI is InChI=1S/C11H14N6O2/c1-6-9(7(2)17(3)15-6)19-11-8(10(12)16-18)4-5-13-14-11/h4-5,18H,1-3H3,(H2,12,16). The van der Waals surface area contributed by atoms with Gasteiger partial charge in [-0.1, -0.05) is 5.16 Å². The van der Waals surface area contributed by atoms with Crippen molar-refractivity contribution in [1.82, 2.24) is 20.0 Å². The number of amidine groups is 1. The van der Waals surface area contributed by atoms with Gasteiger partial charge >= 0.3 is 0 Å². The first-order valence-electron chi connectivity index (χ1n) is 5.52. The van der Waals surface area contributed by atoms with Crippen molar-refractivity contribution in [3.05, 3.63) is 29.2 Å². The Morgan fingerprint density at radius 2 is 2.21 bits per heavy atom. The van der Waals surface area contributed by atoms with E-state index < -0.39 is 0 Å². The Hall–Kier alpha value is -2.64. The van der Waals surface area contributed by atoms with Gasteiger partial charge in [-0.2, -0.15) is 10.2 Å². The zero-order valence-corrected chi connectivity index (χ0v) is 10.8. The molecule has 2 aromatic rings. The smallest absolute Gasteiger partial charge is 0.250 e. The van der Waals surface area contributed by atoms with E-state index in [-0.39, 0.29) is 11.7 Å². The van der Waals surface area contributed by atoms with Crippen LogP contribution in [0.15, 0.2) is 17.4 Å². The van der Waals surface area contributed by atoms with Crippen molar-refractivity contribution < 1.29 is 9.94 Å². The van der Waals surface area contributed by atoms with Crippen molar-refractivity contribution in [3.63, 3.8) is 0 Å². The van der Waals surface area contributed by atoms with Gasteiger partial charge in [0.1, 0.15) is 5.69 Å². The molecule has 8 heteroatoms. The number of ether oxygens (including phenoxy) is 1. The van der Waals surface area contributed by atoms with Crippen LogP contribution in [0.5, 0.6) is 11.6 Å². The number of aromatic nitrogens is 4. The monoisotopic (exact) mass is 262 g/mol. The molecule has 0 aliphatic rings. The van der Waals surface area contributed by atoms with Gasteiger partial charge in [0.05, 0.1) is 17.5 Å². The molecule has 0 bridgehead atoms. The molecule has 0 radical (unpaired) electrons. The normalized spacial score (nSPS) is 11.6. The fourth-order valence-electron chi connectivity index (χ4n) is 1.64. The second kappa shape index (κ2) is 4.92. The molecule has 19 heavy (non-hydrogen) atoms. The second-order valence-corrected chi connectivity index (χ2v) is 3.96. The van der Waals surface area contributed by atoms with Gasteiger partial charge in [-0.25, -0.2) is 0 Å². The highest BCUT2D eigenvalue weighted by Crippen LogP contribution is 2.28. The molecule has 100 valence electrons. The van der Waals surface area contributed by atoms with E-state index in [0.717, 1.165) is 11.4 Å². The summed E-state index contributed by atoms with van der Waals surface area (Å²) in [6, 6.07) is 1.55. The molecule has 0 unspecified atom stereocenters. The first-order valence-corrected chi connectivity index (χ1v) is 5.52. The van der Waals surface area contributed by atoms with Crippen LogP contribution < -0.4 is 10.5 Å². The lowest BCUT2D eigenvalue weighted by Crippen LogP contribution is -2.15. The van der Waals surface area contributed by atoms with E-state index in [2.05, 4.69) is 20.5 Å². The van der Waals surface area contributed by atoms with Gasteiger partial charge in [0.2, 0.25) is 5.88 Å². The van der Waals surface area contributed by atoms with Crippen molar-refractivity contribution >= 4 is 5.84 Å². The topological polar surface area (TPSA) is 111 Å². The maximum atomic E-state index is 8.73. The predicted octanol–water partition coefficient (Wildman–Crippen LogP) is 0.714. The van der Waals surface area contributed by atoms with Gasteiger partial charge in [-0.3, -0.25) is 4.68 Å². The third kappa shape index (κ3) is 2.32. The molecule has 2 aromatic heterocycles. The Balaban J connectivity index is 2.44. The molecule has 0 saturated carbocycles. The number of rotatable bonds is 3. The van der Waals surface area contributed by atoms with Crippen LogP contribution >= 0.6 is 0 Å². The van der Waals surface area contributed by atoms with Crippen LogP contribution in [0.25, 0.3) is 0 Å². The van der Waals surface area contributed by atoms with E-state index in [4.69, 9.17) is 15.7 Å². The molecule has 3 N–H and O–H groups in total. The summed E-state index contributed by atoms with van der Waals surface area (Å²) >= 11 is 0. The van der Waals surface area contributed by atoms with Gasteiger partial charge in [-0.05, 0) is 19.9 Å². The SMILES string of the molecule is Cc1nn(C)c(C)c1Oc1nnccc1/C(N)=N/O. The van der Waals surface area contributed by atoms with E-state index in [0.29, 0.717) is 11.3 Å². The van der Waals surface area contributed by atoms with E-state index in [9.17, 15) is 0 Å². The molecule has 0 fully saturated rings. The van der Waals surface area contributed by atoms with Crippen LogP contribution in [0.2, 0.25) is 0 Å². The number of hydrogen-bond acceptors (Lipinski definition) is 6. The van der Waals surface area contributed by atoms with Crippen LogP contribution in [0.3, 0.4) is 0 Å². The number of nitrogens with two attached hydrogens (primary N) is 1. The molecule has 0 aromatic carbocycles. The zero-order valence-electron chi connectivity index (χ0n) is 10.8. The minimum absolute atomic E-state index is 0.0934. The Kier molecular flexibility index (Phi) is 3.32. The Morgan fingerprint density at radius 1 is 1.47 bits per heavy atom. The Morgan fingerprint density at radius 3 is 2.79 bits per heavy atom. The molecular weight excluding hydrogens is 248 g/mol. The van der Waals surface area contributed by atoms with Crippen molar-refractivity contribution in [2.45, 2.75) is 13.8 Å². The molecule has 0 saturated heterocycles. The highest BCUT2D eigenvalue weighted by Gasteiger charge is 2.16. The summed E-state index contributed by atoms with van der Waals surface area (Å²) < 4.78 is 7.38. The molecular formula is C11H14N6O2. The molecule has 0 spiro atoms. The van der Waals surface area contributed by atoms with Crippen LogP contribution in [0.4, 0.5) is 0 Å². The fourth-order valence-corrected chi connectivity index (χ4v) is 1.64. The Bertz CT molecular complexity index is 634. The minimum atomic E-state index is -0.0934. The first kappa shape index (κ1) is 12.8. The highest BCUT2D eigenvalue weighted by atomic mass is 16.5. The molecule has 0 aliphatic heterocycles. The molecule has 2 heterocycles. The van der Waals surface area contributed by atoms with Gasteiger partial charge < -0.3 is 15.7 Å². The summed E-state index contributed by atoms with van der Waals surface area (Å²) in [6.07, 6.45) is 1.43. The average Bonchev–Trinajstić information content (AvgIpc) is 2.65. The van der Waals surface area contributed by atoms with Gasteiger partial charge in [0.15, 0.2) is 11.6 Å². The highest BCUT2D eigenvalue weighted by molar-refractivity contribution is 5.98. The largest absolute Gasteiger partial charge is 0.433 e. The van der Waals surface area contributed by atoms with Gasteiger partial charge in [0, 0.05) is 7.05 Å². The minimum Gasteiger partial charge on any atom is -0.433 e. The van der Waals surface area contributed by atoms with Crippen LogP contribution in [0, 0.1) is 13.8 Å². The van der Waals surface area contributed by atoms with Crippen LogP contribution in [-0.2, 0) is 7.05 Å². The molecule has 0 atom stereocenters. The lowest BCUT2D eigenvalue weighted by Gasteiger charge is -2.08. The molecule has 0 aliphatic carbocycles. The van der Waals surface area contributed by atoms with Crippen LogP contribution in [-0.4, -0.2) is 31.0 Å². The molecule has 2 rings (SSSR count). The number of nitrogens with zero attached hydrogens (tertiary/aromatic N) is 5. The van der Waals surface area contributed by atoms with Gasteiger partial charge in [0.25, 0.3) is 0 Å². The van der Waals surface area contributed by atoms with E-state index >= 15 is 0 Å². The van der Waals surface area contributed by atoms with E-state index in [1.54, 1.807) is 10.7 Å². The fraction of sp³-hybridized carbons (Fsp3) is 0.273. The third-order valence-corrected chi connectivity index (χ3v) is 2.71. The first-order chi connectivity index (χ1) is 9.04. The summed E-state index contributed by atoms with van der Waals surface area (Å²) in [7, 11) is 1.82. The summed E-state index contributed by atoms with van der Waals surface area (Å²) in [6.45, 7) is 3.69. The maximum Gasteiger partial charge on any atom is 0.250 e. The van der Waals surface area contributed by atoms with Crippen molar-refractivity contribution in [3.8, 4) is 11.6 Å². The van der Waals surface area contributed by atoms with E-state index in [1.807, 2.05) is 20.9 Å². The molecule has 8 nitrogen and oxygen atoms in total. The predicted molar refractivity (Wildman–Crippen MR) is 67.3 cm³/mol. The third-order valence-electron chi connectivity index (χ3n) is 2.71. The summed E-state index contributed by atoms with van der Waals surface area (Å²) in [5.41, 5.74) is 7.48. The summed E-state index contributed by atoms with van der Waals surface area (Å²) in [5, 5.41) is 23.5. The lowest BCUT2D eigenvalue weighted by atomic mass is 10.2. The molecule has 0 amide bonds. The Labute approximate surface area is 109 Å². The lowest BCUT2D eigenvalue weighted by molar-refractivity contribution is 0.318.